The highest BCUT2D eigenvalue weighted by Crippen LogP contribution is 2.62. The first-order chi connectivity index (χ1) is 12.0. The summed E-state index contributed by atoms with van der Waals surface area (Å²) >= 11 is 0. The van der Waals surface area contributed by atoms with Gasteiger partial charge in [0, 0.05) is 20.1 Å². The zero-order valence-electron chi connectivity index (χ0n) is 16.3. The molecule has 4 aliphatic rings. The second kappa shape index (κ2) is 6.49. The Morgan fingerprint density at radius 2 is 1.80 bits per heavy atom. The van der Waals surface area contributed by atoms with Gasteiger partial charge in [-0.2, -0.15) is 0 Å². The molecule has 140 valence electrons. The minimum absolute atomic E-state index is 0.149. The van der Waals surface area contributed by atoms with Gasteiger partial charge in [-0.05, 0) is 87.0 Å². The Morgan fingerprint density at radius 1 is 1.04 bits per heavy atom. The minimum atomic E-state index is 0.149. The van der Waals surface area contributed by atoms with Crippen molar-refractivity contribution in [3.8, 4) is 0 Å². The number of ketones is 1. The van der Waals surface area contributed by atoms with Gasteiger partial charge in [0.25, 0.3) is 0 Å². The van der Waals surface area contributed by atoms with E-state index in [0.29, 0.717) is 23.5 Å². The van der Waals surface area contributed by atoms with Crippen molar-refractivity contribution in [2.24, 2.45) is 29.1 Å². The molecule has 0 amide bonds. The van der Waals surface area contributed by atoms with Crippen LogP contribution in [-0.2, 0) is 14.3 Å². The van der Waals surface area contributed by atoms with E-state index in [1.165, 1.54) is 38.5 Å². The minimum Gasteiger partial charge on any atom is -0.378 e. The highest BCUT2D eigenvalue weighted by molar-refractivity contribution is 5.79. The van der Waals surface area contributed by atoms with Gasteiger partial charge in [0.1, 0.15) is 11.9 Å². The maximum absolute atomic E-state index is 12.2. The maximum atomic E-state index is 12.2. The molecule has 4 rings (SSSR count). The van der Waals surface area contributed by atoms with Crippen molar-refractivity contribution in [1.29, 1.82) is 0 Å². The van der Waals surface area contributed by atoms with Crippen LogP contribution in [0.4, 0.5) is 0 Å². The van der Waals surface area contributed by atoms with Crippen LogP contribution in [0.3, 0.4) is 0 Å². The molecule has 0 aromatic heterocycles. The first kappa shape index (κ1) is 17.7. The fourth-order valence-corrected chi connectivity index (χ4v) is 7.27. The van der Waals surface area contributed by atoms with Crippen molar-refractivity contribution < 1.29 is 14.3 Å². The van der Waals surface area contributed by atoms with E-state index in [4.69, 9.17) is 9.47 Å². The standard InChI is InChI=1S/C22H34O3/c1-13(23)17-8-9-18-15-7-5-14-6-10-19(24-3)21(25-4)20(14)16(15)11-12-22(17,18)2/h14-15,17-19,21H,5-12H2,1-4H3/t14?,15-,17-,18+,19?,21?,22-/m1/s1. The van der Waals surface area contributed by atoms with Gasteiger partial charge < -0.3 is 9.47 Å². The normalized spacial score (nSPS) is 46.4. The molecule has 0 aromatic rings. The van der Waals surface area contributed by atoms with Crippen LogP contribution in [0.15, 0.2) is 11.1 Å². The van der Waals surface area contributed by atoms with Crippen LogP contribution in [-0.4, -0.2) is 32.2 Å². The number of ether oxygens (including phenoxy) is 2. The lowest BCUT2D eigenvalue weighted by atomic mass is 9.54. The Labute approximate surface area is 152 Å². The largest absolute Gasteiger partial charge is 0.378 e. The third-order valence-corrected chi connectivity index (χ3v) is 8.40. The second-order valence-corrected chi connectivity index (χ2v) is 9.22. The molecular weight excluding hydrogens is 312 g/mol. The maximum Gasteiger partial charge on any atom is 0.133 e. The highest BCUT2D eigenvalue weighted by Gasteiger charge is 2.55. The predicted octanol–water partition coefficient (Wildman–Crippen LogP) is 4.55. The van der Waals surface area contributed by atoms with Gasteiger partial charge in [0.2, 0.25) is 0 Å². The van der Waals surface area contributed by atoms with E-state index in [-0.39, 0.29) is 23.5 Å². The van der Waals surface area contributed by atoms with Crippen molar-refractivity contribution in [3.05, 3.63) is 11.1 Å². The molecule has 0 spiro atoms. The summed E-state index contributed by atoms with van der Waals surface area (Å²) in [5.41, 5.74) is 3.53. The summed E-state index contributed by atoms with van der Waals surface area (Å²) in [7, 11) is 3.68. The van der Waals surface area contributed by atoms with Gasteiger partial charge in [0.05, 0.1) is 6.10 Å². The fourth-order valence-electron chi connectivity index (χ4n) is 7.27. The number of methoxy groups -OCH3 is 2. The Kier molecular flexibility index (Phi) is 4.60. The molecule has 7 atom stereocenters. The molecule has 0 saturated heterocycles. The first-order valence-corrected chi connectivity index (χ1v) is 10.3. The molecule has 25 heavy (non-hydrogen) atoms. The lowest BCUT2D eigenvalue weighted by Gasteiger charge is -2.51. The Balaban J connectivity index is 1.71. The summed E-state index contributed by atoms with van der Waals surface area (Å²) in [6.07, 6.45) is 10.0. The number of carbonyl (C=O) groups is 1. The molecular formula is C22H34O3. The van der Waals surface area contributed by atoms with Crippen molar-refractivity contribution in [2.75, 3.05) is 14.2 Å². The molecule has 4 aliphatic carbocycles. The van der Waals surface area contributed by atoms with Crippen LogP contribution in [0.1, 0.15) is 65.2 Å². The van der Waals surface area contributed by atoms with E-state index in [1.807, 2.05) is 21.1 Å². The Bertz CT molecular complexity index is 580. The Morgan fingerprint density at radius 3 is 2.48 bits per heavy atom. The Hall–Kier alpha value is -0.670. The van der Waals surface area contributed by atoms with E-state index in [9.17, 15) is 4.79 Å². The molecule has 3 fully saturated rings. The molecule has 3 nitrogen and oxygen atoms in total. The lowest BCUT2D eigenvalue weighted by Crippen LogP contribution is -2.46. The van der Waals surface area contributed by atoms with Crippen molar-refractivity contribution in [1.82, 2.24) is 0 Å². The van der Waals surface area contributed by atoms with E-state index in [1.54, 1.807) is 11.1 Å². The number of hydrogen-bond acceptors (Lipinski definition) is 3. The van der Waals surface area contributed by atoms with Crippen LogP contribution >= 0.6 is 0 Å². The number of hydrogen-bond donors (Lipinski definition) is 0. The zero-order chi connectivity index (χ0) is 17.8. The smallest absolute Gasteiger partial charge is 0.133 e. The van der Waals surface area contributed by atoms with E-state index >= 15 is 0 Å². The molecule has 3 unspecified atom stereocenters. The zero-order valence-corrected chi connectivity index (χ0v) is 16.3. The summed E-state index contributed by atoms with van der Waals surface area (Å²) < 4.78 is 11.7. The lowest BCUT2D eigenvalue weighted by molar-refractivity contribution is -0.125. The van der Waals surface area contributed by atoms with Crippen LogP contribution in [0.2, 0.25) is 0 Å². The molecule has 3 saturated carbocycles. The average molecular weight is 347 g/mol. The molecule has 0 aromatic carbocycles. The van der Waals surface area contributed by atoms with Gasteiger partial charge in [0.15, 0.2) is 0 Å². The molecule has 0 heterocycles. The summed E-state index contributed by atoms with van der Waals surface area (Å²) in [5, 5.41) is 0. The number of Topliss-reactive ketones (excluding diaryl/α,β-unsaturated/α-hetero) is 1. The van der Waals surface area contributed by atoms with Crippen molar-refractivity contribution in [3.63, 3.8) is 0 Å². The number of rotatable bonds is 3. The van der Waals surface area contributed by atoms with Crippen LogP contribution in [0.5, 0.6) is 0 Å². The SMILES string of the molecule is COC1CCC2CC[C@@H]3C(=C2C1OC)CC[C@]1(C)[C@@H](C(C)=O)CC[C@@H]31. The average Bonchev–Trinajstić information content (AvgIpc) is 2.97. The second-order valence-electron chi connectivity index (χ2n) is 9.22. The monoisotopic (exact) mass is 346 g/mol. The predicted molar refractivity (Wildman–Crippen MR) is 98.3 cm³/mol. The van der Waals surface area contributed by atoms with E-state index in [2.05, 4.69) is 6.92 Å². The molecule has 3 heteroatoms. The topological polar surface area (TPSA) is 35.5 Å². The van der Waals surface area contributed by atoms with Gasteiger partial charge in [-0.25, -0.2) is 0 Å². The molecule has 0 bridgehead atoms. The van der Waals surface area contributed by atoms with Gasteiger partial charge in [-0.15, -0.1) is 0 Å². The van der Waals surface area contributed by atoms with E-state index in [0.717, 1.165) is 12.8 Å². The first-order valence-electron chi connectivity index (χ1n) is 10.3. The quantitative estimate of drug-likeness (QED) is 0.703. The number of allylic oxidation sites excluding steroid dienone is 1. The summed E-state index contributed by atoms with van der Waals surface area (Å²) in [6.45, 7) is 4.23. The third-order valence-electron chi connectivity index (χ3n) is 8.40. The number of fused-ring (bicyclic) bond motifs is 4. The van der Waals surface area contributed by atoms with Gasteiger partial charge >= 0.3 is 0 Å². The summed E-state index contributed by atoms with van der Waals surface area (Å²) in [6, 6.07) is 0. The van der Waals surface area contributed by atoms with Crippen LogP contribution in [0, 0.1) is 29.1 Å². The molecule has 0 radical (unpaired) electrons. The summed E-state index contributed by atoms with van der Waals surface area (Å²) in [4.78, 5) is 12.2. The molecule has 0 N–H and O–H groups in total. The highest BCUT2D eigenvalue weighted by atomic mass is 16.5. The fraction of sp³-hybridized carbons (Fsp3) is 0.864. The van der Waals surface area contributed by atoms with Gasteiger partial charge in [-0.3, -0.25) is 4.79 Å². The van der Waals surface area contributed by atoms with Crippen molar-refractivity contribution >= 4 is 5.78 Å². The van der Waals surface area contributed by atoms with Crippen molar-refractivity contribution in [2.45, 2.75) is 77.4 Å². The third kappa shape index (κ3) is 2.56. The molecule has 0 aliphatic heterocycles. The number of carbonyl (C=O) groups excluding carboxylic acids is 1. The van der Waals surface area contributed by atoms with Gasteiger partial charge in [-0.1, -0.05) is 12.5 Å². The van der Waals surface area contributed by atoms with E-state index < -0.39 is 0 Å². The summed E-state index contributed by atoms with van der Waals surface area (Å²) in [5.74, 6) is 2.79. The van der Waals surface area contributed by atoms with Crippen LogP contribution in [0.25, 0.3) is 0 Å². The van der Waals surface area contributed by atoms with Crippen LogP contribution < -0.4 is 0 Å².